The molecule has 228 valence electrons. The molecule has 1 heterocycles. The van der Waals surface area contributed by atoms with Gasteiger partial charge in [-0.3, -0.25) is 19.8 Å². The number of anilines is 2. The zero-order valence-electron chi connectivity index (χ0n) is 25.8. The number of rotatable bonds is 5. The third-order valence-electron chi connectivity index (χ3n) is 6.08. The van der Waals surface area contributed by atoms with Gasteiger partial charge in [0.1, 0.15) is 29.0 Å². The molecule has 3 rings (SSSR count). The highest BCUT2D eigenvalue weighted by atomic mass is 35.5. The number of amides is 2. The van der Waals surface area contributed by atoms with Gasteiger partial charge in [0.25, 0.3) is 5.91 Å². The fourth-order valence-electron chi connectivity index (χ4n) is 4.29. The number of carbonyl (C=O) groups is 3. The van der Waals surface area contributed by atoms with Crippen molar-refractivity contribution in [3.05, 3.63) is 52.5 Å². The Labute approximate surface area is 262 Å². The lowest BCUT2D eigenvalue weighted by Gasteiger charge is -2.29. The second kappa shape index (κ2) is 12.3. The van der Waals surface area contributed by atoms with Crippen LogP contribution in [0.25, 0.3) is 0 Å². The van der Waals surface area contributed by atoms with Gasteiger partial charge >= 0.3 is 12.1 Å². The molecule has 1 fully saturated rings. The van der Waals surface area contributed by atoms with E-state index in [9.17, 15) is 19.6 Å². The third-order valence-corrected chi connectivity index (χ3v) is 6.76. The second-order valence-electron chi connectivity index (χ2n) is 12.5. The Bertz CT molecular complexity index is 1520. The van der Waals surface area contributed by atoms with E-state index >= 15 is 0 Å². The smallest absolute Gasteiger partial charge is 0.413 e. The van der Waals surface area contributed by atoms with Gasteiger partial charge in [0.2, 0.25) is 0 Å². The summed E-state index contributed by atoms with van der Waals surface area (Å²) in [7, 11) is 0. The summed E-state index contributed by atoms with van der Waals surface area (Å²) in [5, 5.41) is 12.3. The molecule has 43 heavy (non-hydrogen) atoms. The van der Waals surface area contributed by atoms with Gasteiger partial charge in [-0.05, 0) is 116 Å². The minimum Gasteiger partial charge on any atom is -0.460 e. The van der Waals surface area contributed by atoms with Crippen LogP contribution in [0.3, 0.4) is 0 Å². The van der Waals surface area contributed by atoms with Crippen LogP contribution in [-0.2, 0) is 19.1 Å². The summed E-state index contributed by atoms with van der Waals surface area (Å²) in [6.07, 6.45) is -1.17. The molecule has 2 amide bonds. The number of alkyl carbamates (subject to hydrolysis) is 1. The molecule has 12 heteroatoms. The Morgan fingerprint density at radius 1 is 1.05 bits per heavy atom. The van der Waals surface area contributed by atoms with Crippen LogP contribution < -0.4 is 15.1 Å². The van der Waals surface area contributed by atoms with Crippen LogP contribution in [0.5, 0.6) is 0 Å². The van der Waals surface area contributed by atoms with Crippen molar-refractivity contribution in [2.75, 3.05) is 9.80 Å². The molecule has 0 atom stereocenters. The highest BCUT2D eigenvalue weighted by Gasteiger charge is 2.50. The maximum absolute atomic E-state index is 13.7. The summed E-state index contributed by atoms with van der Waals surface area (Å²) in [6.45, 7) is 15.6. The van der Waals surface area contributed by atoms with Crippen molar-refractivity contribution in [1.82, 2.24) is 5.32 Å². The molecule has 0 saturated carbocycles. The Balaban J connectivity index is 2.04. The van der Waals surface area contributed by atoms with E-state index in [4.69, 9.17) is 33.3 Å². The number of aryl methyl sites for hydroxylation is 1. The fourth-order valence-corrected chi connectivity index (χ4v) is 4.97. The molecule has 0 spiro atoms. The predicted octanol–water partition coefficient (Wildman–Crippen LogP) is 6.72. The molecular weight excluding hydrogens is 590 g/mol. The average molecular weight is 626 g/mol. The number of benzene rings is 2. The van der Waals surface area contributed by atoms with Crippen molar-refractivity contribution in [3.8, 4) is 6.07 Å². The first-order valence-electron chi connectivity index (χ1n) is 13.5. The lowest BCUT2D eigenvalue weighted by atomic mass is 10.0. The number of nitrogens with one attached hydrogen (secondary N) is 1. The normalized spacial score (nSPS) is 15.3. The monoisotopic (exact) mass is 625 g/mol. The number of esters is 1. The van der Waals surface area contributed by atoms with E-state index in [1.165, 1.54) is 4.90 Å². The van der Waals surface area contributed by atoms with E-state index in [-0.39, 0.29) is 34.0 Å². The lowest BCUT2D eigenvalue weighted by Crippen LogP contribution is -2.44. The molecule has 0 unspecified atom stereocenters. The zero-order valence-corrected chi connectivity index (χ0v) is 27.4. The number of hydrogen-bond donors (Lipinski definition) is 1. The Kier molecular flexibility index (Phi) is 9.59. The minimum absolute atomic E-state index is 0.0448. The van der Waals surface area contributed by atoms with Gasteiger partial charge in [0.05, 0.1) is 28.0 Å². The molecule has 1 aliphatic rings. The fraction of sp³-hybridized carbons (Fsp3) is 0.419. The van der Waals surface area contributed by atoms with E-state index in [2.05, 4.69) is 16.4 Å². The van der Waals surface area contributed by atoms with E-state index in [0.29, 0.717) is 22.5 Å². The van der Waals surface area contributed by atoms with Crippen molar-refractivity contribution in [3.63, 3.8) is 0 Å². The highest BCUT2D eigenvalue weighted by Crippen LogP contribution is 2.39. The minimum atomic E-state index is -1.10. The molecule has 0 aromatic heterocycles. The first-order chi connectivity index (χ1) is 19.7. The number of hydrogen-bond acceptors (Lipinski definition) is 8. The Hall–Kier alpha value is -4.01. The first-order valence-corrected chi connectivity index (χ1v) is 14.3. The van der Waals surface area contributed by atoms with Gasteiger partial charge in [-0.15, -0.1) is 0 Å². The molecule has 1 aliphatic heterocycles. The zero-order chi connectivity index (χ0) is 32.5. The van der Waals surface area contributed by atoms with Crippen LogP contribution in [0, 0.1) is 18.3 Å². The lowest BCUT2D eigenvalue weighted by molar-refractivity contribution is -0.153. The van der Waals surface area contributed by atoms with Gasteiger partial charge in [-0.25, -0.2) is 9.79 Å². The number of nitriles is 1. The standard InChI is InChI=1S/C31H36ClN5O5S/c1-18-14-20(11-10-19(18)17-33)36-26(39)31(8,9)37(28(36)43)21-12-13-22(32)23(15-21)34-24(16-25(38)41-29(2,3)4)35-27(40)42-30(5,6)7/h10-15H,16H2,1-9H3,(H,34,35,40). The SMILES string of the molecule is Cc1cc(N2C(=O)C(C)(C)N(c3ccc(Cl)c(N=C(CC(=O)OC(C)(C)C)NC(=O)OC(C)(C)C)c3)C2=S)ccc1C#N. The van der Waals surface area contributed by atoms with Gasteiger partial charge in [-0.2, -0.15) is 5.26 Å². The number of halogens is 1. The Morgan fingerprint density at radius 3 is 2.21 bits per heavy atom. The molecule has 10 nitrogen and oxygen atoms in total. The van der Waals surface area contributed by atoms with Crippen molar-refractivity contribution in [1.29, 1.82) is 5.26 Å². The van der Waals surface area contributed by atoms with Gasteiger partial charge in [0.15, 0.2) is 5.11 Å². The number of aliphatic imine (C=N–C) groups is 1. The van der Waals surface area contributed by atoms with E-state index < -0.39 is 28.8 Å². The highest BCUT2D eigenvalue weighted by molar-refractivity contribution is 7.81. The largest absolute Gasteiger partial charge is 0.460 e. The van der Waals surface area contributed by atoms with E-state index in [1.54, 1.807) is 104 Å². The summed E-state index contributed by atoms with van der Waals surface area (Å²) >= 11 is 12.3. The summed E-state index contributed by atoms with van der Waals surface area (Å²) in [5.41, 5.74) is -0.168. The van der Waals surface area contributed by atoms with Crippen LogP contribution in [0.4, 0.5) is 21.9 Å². The van der Waals surface area contributed by atoms with Crippen LogP contribution in [0.1, 0.15) is 72.9 Å². The van der Waals surface area contributed by atoms with Crippen molar-refractivity contribution < 1.29 is 23.9 Å². The second-order valence-corrected chi connectivity index (χ2v) is 13.3. The third kappa shape index (κ3) is 8.09. The molecular formula is C31H36ClN5O5S. The molecule has 1 saturated heterocycles. The topological polar surface area (TPSA) is 124 Å². The molecule has 0 bridgehead atoms. The summed E-state index contributed by atoms with van der Waals surface area (Å²) in [4.78, 5) is 46.5. The van der Waals surface area contributed by atoms with Crippen LogP contribution >= 0.6 is 23.8 Å². The van der Waals surface area contributed by atoms with Crippen LogP contribution in [-0.4, -0.2) is 45.7 Å². The maximum atomic E-state index is 13.7. The Morgan fingerprint density at radius 2 is 1.65 bits per heavy atom. The quantitative estimate of drug-likeness (QED) is 0.168. The number of nitrogens with zero attached hydrogens (tertiary/aromatic N) is 4. The number of carbonyl (C=O) groups excluding carboxylic acids is 3. The predicted molar refractivity (Wildman–Crippen MR) is 171 cm³/mol. The van der Waals surface area contributed by atoms with Crippen molar-refractivity contribution >= 4 is 69.8 Å². The molecule has 0 aliphatic carbocycles. The number of amidine groups is 1. The first kappa shape index (κ1) is 33.5. The average Bonchev–Trinajstić information content (AvgIpc) is 3.01. The summed E-state index contributed by atoms with van der Waals surface area (Å²) in [5.74, 6) is -0.925. The molecule has 1 N–H and O–H groups in total. The van der Waals surface area contributed by atoms with Gasteiger partial charge < -0.3 is 14.4 Å². The van der Waals surface area contributed by atoms with Crippen molar-refractivity contribution in [2.24, 2.45) is 4.99 Å². The van der Waals surface area contributed by atoms with E-state index in [0.717, 1.165) is 0 Å². The van der Waals surface area contributed by atoms with Gasteiger partial charge in [0, 0.05) is 5.69 Å². The summed E-state index contributed by atoms with van der Waals surface area (Å²) in [6, 6.07) is 12.1. The maximum Gasteiger partial charge on any atom is 0.413 e. The molecule has 2 aromatic rings. The number of ether oxygens (including phenoxy) is 2. The van der Waals surface area contributed by atoms with Gasteiger partial charge in [-0.1, -0.05) is 11.6 Å². The summed E-state index contributed by atoms with van der Waals surface area (Å²) < 4.78 is 10.8. The number of thiocarbonyl (C=S) groups is 1. The van der Waals surface area contributed by atoms with Crippen molar-refractivity contribution in [2.45, 2.75) is 85.5 Å². The molecule has 2 aromatic carbocycles. The van der Waals surface area contributed by atoms with E-state index in [1.807, 2.05) is 0 Å². The van der Waals surface area contributed by atoms with Crippen LogP contribution in [0.15, 0.2) is 41.4 Å². The molecule has 0 radical (unpaired) electrons. The van der Waals surface area contributed by atoms with Crippen LogP contribution in [0.2, 0.25) is 5.02 Å².